The van der Waals surface area contributed by atoms with Gasteiger partial charge in [0, 0.05) is 23.4 Å². The number of anilines is 1. The summed E-state index contributed by atoms with van der Waals surface area (Å²) in [4.78, 5) is 4.10. The second-order valence-electron chi connectivity index (χ2n) is 3.82. The SMILES string of the molecule is Cc1cncc(CNc2c(F)cccc2Br)c1. The molecule has 0 amide bonds. The predicted molar refractivity (Wildman–Crippen MR) is 70.4 cm³/mol. The highest BCUT2D eigenvalue weighted by molar-refractivity contribution is 9.10. The van der Waals surface area contributed by atoms with Crippen LogP contribution in [0.1, 0.15) is 11.1 Å². The van der Waals surface area contributed by atoms with Crippen molar-refractivity contribution in [1.29, 1.82) is 0 Å². The molecule has 0 bridgehead atoms. The number of benzene rings is 1. The Morgan fingerprint density at radius 1 is 1.35 bits per heavy atom. The van der Waals surface area contributed by atoms with Crippen LogP contribution in [0.15, 0.2) is 41.1 Å². The van der Waals surface area contributed by atoms with Crippen LogP contribution in [-0.4, -0.2) is 4.98 Å². The fourth-order valence-electron chi connectivity index (χ4n) is 1.57. The molecule has 1 aromatic carbocycles. The van der Waals surface area contributed by atoms with Crippen LogP contribution in [0.3, 0.4) is 0 Å². The summed E-state index contributed by atoms with van der Waals surface area (Å²) < 4.78 is 14.2. The molecule has 2 rings (SSSR count). The maximum Gasteiger partial charge on any atom is 0.147 e. The third-order valence-corrected chi connectivity index (χ3v) is 3.02. The number of halogens is 2. The molecular weight excluding hydrogens is 283 g/mol. The van der Waals surface area contributed by atoms with Crippen molar-refractivity contribution in [3.05, 3.63) is 58.1 Å². The van der Waals surface area contributed by atoms with E-state index in [1.807, 2.05) is 13.0 Å². The number of hydrogen-bond acceptors (Lipinski definition) is 2. The second-order valence-corrected chi connectivity index (χ2v) is 4.68. The van der Waals surface area contributed by atoms with Gasteiger partial charge in [-0.05, 0) is 46.1 Å². The van der Waals surface area contributed by atoms with E-state index in [-0.39, 0.29) is 5.82 Å². The van der Waals surface area contributed by atoms with Gasteiger partial charge in [-0.2, -0.15) is 0 Å². The molecule has 2 aromatic rings. The highest BCUT2D eigenvalue weighted by Crippen LogP contribution is 2.25. The van der Waals surface area contributed by atoms with E-state index in [1.54, 1.807) is 24.5 Å². The van der Waals surface area contributed by atoms with Crippen LogP contribution < -0.4 is 5.32 Å². The summed E-state index contributed by atoms with van der Waals surface area (Å²) in [5, 5.41) is 3.06. The molecule has 0 unspecified atom stereocenters. The van der Waals surface area contributed by atoms with Crippen molar-refractivity contribution in [1.82, 2.24) is 4.98 Å². The molecule has 0 radical (unpaired) electrons. The molecule has 2 nitrogen and oxygen atoms in total. The quantitative estimate of drug-likeness (QED) is 0.928. The Balaban J connectivity index is 2.13. The average molecular weight is 295 g/mol. The van der Waals surface area contributed by atoms with E-state index < -0.39 is 0 Å². The third-order valence-electron chi connectivity index (χ3n) is 2.36. The van der Waals surface area contributed by atoms with E-state index in [1.165, 1.54) is 6.07 Å². The van der Waals surface area contributed by atoms with Gasteiger partial charge in [-0.3, -0.25) is 4.98 Å². The zero-order chi connectivity index (χ0) is 12.3. The summed E-state index contributed by atoms with van der Waals surface area (Å²) in [5.41, 5.74) is 2.60. The van der Waals surface area contributed by atoms with Gasteiger partial charge >= 0.3 is 0 Å². The number of aryl methyl sites for hydroxylation is 1. The highest BCUT2D eigenvalue weighted by atomic mass is 79.9. The topological polar surface area (TPSA) is 24.9 Å². The molecule has 1 N–H and O–H groups in total. The first-order valence-electron chi connectivity index (χ1n) is 5.25. The zero-order valence-corrected chi connectivity index (χ0v) is 11.0. The molecule has 0 aliphatic heterocycles. The highest BCUT2D eigenvalue weighted by Gasteiger charge is 2.05. The summed E-state index contributed by atoms with van der Waals surface area (Å²) in [6, 6.07) is 6.93. The summed E-state index contributed by atoms with van der Waals surface area (Å²) >= 11 is 3.32. The first-order chi connectivity index (χ1) is 8.16. The summed E-state index contributed by atoms with van der Waals surface area (Å²) in [6.45, 7) is 2.53. The number of aromatic nitrogens is 1. The summed E-state index contributed by atoms with van der Waals surface area (Å²) in [5.74, 6) is -0.264. The lowest BCUT2D eigenvalue weighted by Crippen LogP contribution is -2.02. The molecule has 17 heavy (non-hydrogen) atoms. The van der Waals surface area contributed by atoms with Crippen LogP contribution in [0.25, 0.3) is 0 Å². The monoisotopic (exact) mass is 294 g/mol. The number of nitrogens with zero attached hydrogens (tertiary/aromatic N) is 1. The normalized spacial score (nSPS) is 10.3. The molecule has 0 saturated heterocycles. The first-order valence-corrected chi connectivity index (χ1v) is 6.04. The van der Waals surface area contributed by atoms with Gasteiger partial charge in [0.05, 0.1) is 5.69 Å². The van der Waals surface area contributed by atoms with Crippen LogP contribution in [-0.2, 0) is 6.54 Å². The van der Waals surface area contributed by atoms with Crippen molar-refractivity contribution >= 4 is 21.6 Å². The number of para-hydroxylation sites is 1. The fourth-order valence-corrected chi connectivity index (χ4v) is 2.05. The molecule has 0 aliphatic rings. The Bertz CT molecular complexity index is 508. The van der Waals surface area contributed by atoms with Crippen molar-refractivity contribution in [3.63, 3.8) is 0 Å². The van der Waals surface area contributed by atoms with Crippen molar-refractivity contribution in [2.45, 2.75) is 13.5 Å². The first kappa shape index (κ1) is 12.0. The largest absolute Gasteiger partial charge is 0.378 e. The molecule has 4 heteroatoms. The van der Waals surface area contributed by atoms with Gasteiger partial charge in [-0.25, -0.2) is 4.39 Å². The Morgan fingerprint density at radius 2 is 2.18 bits per heavy atom. The lowest BCUT2D eigenvalue weighted by Gasteiger charge is -2.09. The molecule has 0 atom stereocenters. The van der Waals surface area contributed by atoms with Gasteiger partial charge in [-0.15, -0.1) is 0 Å². The summed E-state index contributed by atoms with van der Waals surface area (Å²) in [6.07, 6.45) is 3.57. The van der Waals surface area contributed by atoms with E-state index in [0.717, 1.165) is 15.6 Å². The number of pyridine rings is 1. The van der Waals surface area contributed by atoms with Gasteiger partial charge in [0.25, 0.3) is 0 Å². The van der Waals surface area contributed by atoms with Gasteiger partial charge in [0.2, 0.25) is 0 Å². The van der Waals surface area contributed by atoms with Gasteiger partial charge in [-0.1, -0.05) is 12.1 Å². The molecule has 0 aliphatic carbocycles. The van der Waals surface area contributed by atoms with Crippen LogP contribution in [0.5, 0.6) is 0 Å². The van der Waals surface area contributed by atoms with Crippen molar-refractivity contribution < 1.29 is 4.39 Å². The molecule has 0 saturated carbocycles. The number of nitrogens with one attached hydrogen (secondary N) is 1. The standard InChI is InChI=1S/C13H12BrFN2/c1-9-5-10(7-16-6-9)8-17-13-11(14)3-2-4-12(13)15/h2-7,17H,8H2,1H3. The molecule has 1 heterocycles. The minimum absolute atomic E-state index is 0.264. The van der Waals surface area contributed by atoms with Crippen LogP contribution in [0, 0.1) is 12.7 Å². The van der Waals surface area contributed by atoms with E-state index in [2.05, 4.69) is 26.2 Å². The van der Waals surface area contributed by atoms with Crippen LogP contribution in [0.2, 0.25) is 0 Å². The number of hydrogen-bond donors (Lipinski definition) is 1. The number of rotatable bonds is 3. The minimum atomic E-state index is -0.264. The maximum absolute atomic E-state index is 13.5. The third kappa shape index (κ3) is 3.03. The van der Waals surface area contributed by atoms with Crippen molar-refractivity contribution in [2.75, 3.05) is 5.32 Å². The molecule has 1 aromatic heterocycles. The fraction of sp³-hybridized carbons (Fsp3) is 0.154. The second kappa shape index (κ2) is 5.27. The molecular formula is C13H12BrFN2. The Hall–Kier alpha value is -1.42. The smallest absolute Gasteiger partial charge is 0.147 e. The Morgan fingerprint density at radius 3 is 2.88 bits per heavy atom. The van der Waals surface area contributed by atoms with Crippen molar-refractivity contribution in [3.8, 4) is 0 Å². The minimum Gasteiger partial charge on any atom is -0.378 e. The molecule has 88 valence electrons. The van der Waals surface area contributed by atoms with Gasteiger partial charge < -0.3 is 5.32 Å². The Kier molecular flexibility index (Phi) is 3.74. The van der Waals surface area contributed by atoms with E-state index in [4.69, 9.17) is 0 Å². The van der Waals surface area contributed by atoms with Gasteiger partial charge in [0.1, 0.15) is 5.82 Å². The maximum atomic E-state index is 13.5. The van der Waals surface area contributed by atoms with Crippen LogP contribution in [0.4, 0.5) is 10.1 Å². The average Bonchev–Trinajstić information content (AvgIpc) is 2.28. The van der Waals surface area contributed by atoms with Crippen molar-refractivity contribution in [2.24, 2.45) is 0 Å². The Labute approximate surface area is 108 Å². The van der Waals surface area contributed by atoms with E-state index in [9.17, 15) is 4.39 Å². The molecule has 0 fully saturated rings. The predicted octanol–water partition coefficient (Wildman–Crippen LogP) is 3.90. The van der Waals surface area contributed by atoms with Crippen LogP contribution >= 0.6 is 15.9 Å². The lowest BCUT2D eigenvalue weighted by atomic mass is 10.2. The lowest BCUT2D eigenvalue weighted by molar-refractivity contribution is 0.629. The zero-order valence-electron chi connectivity index (χ0n) is 9.37. The summed E-state index contributed by atoms with van der Waals surface area (Å²) in [7, 11) is 0. The van der Waals surface area contributed by atoms with E-state index >= 15 is 0 Å². The molecule has 0 spiro atoms. The van der Waals surface area contributed by atoms with E-state index in [0.29, 0.717) is 12.2 Å². The van der Waals surface area contributed by atoms with Gasteiger partial charge in [0.15, 0.2) is 0 Å².